The van der Waals surface area contributed by atoms with Crippen molar-refractivity contribution in [2.24, 2.45) is 0 Å². The Hall–Kier alpha value is -1.84. The molecule has 0 aliphatic carbocycles. The third kappa shape index (κ3) is 1.16. The number of carboxylic acid groups (broad SMARTS) is 1. The molecule has 2 N–H and O–H groups in total. The van der Waals surface area contributed by atoms with Crippen LogP contribution in [0, 0.1) is 0 Å². The highest BCUT2D eigenvalue weighted by molar-refractivity contribution is 6.02. The number of halogens is 1. The van der Waals surface area contributed by atoms with Crippen LogP contribution < -0.4 is 0 Å². The zero-order valence-electron chi connectivity index (χ0n) is 7.25. The van der Waals surface area contributed by atoms with Gasteiger partial charge in [-0.3, -0.25) is 0 Å². The molecule has 0 aliphatic rings. The second-order valence-electron chi connectivity index (χ2n) is 2.98. The Morgan fingerprint density at radius 1 is 1.50 bits per heavy atom. The van der Waals surface area contributed by atoms with Gasteiger partial charge in [-0.1, -0.05) is 12.1 Å². The molecule has 1 aromatic carbocycles. The lowest BCUT2D eigenvalue weighted by molar-refractivity contribution is 0.0699. The van der Waals surface area contributed by atoms with Crippen LogP contribution in [0.1, 0.15) is 15.9 Å². The highest BCUT2D eigenvalue weighted by Crippen LogP contribution is 2.22. The molecule has 72 valence electrons. The number of fused-ring (bicyclic) bond motifs is 1. The number of carbonyl (C=O) groups is 1. The predicted octanol–water partition coefficient (Wildman–Crippen LogP) is 2.34. The fraction of sp³-hybridized carbons (Fsp3) is 0.100. The van der Waals surface area contributed by atoms with Gasteiger partial charge < -0.3 is 10.1 Å². The number of aromatic amines is 1. The normalized spacial score (nSPS) is 10.6. The van der Waals surface area contributed by atoms with Crippen molar-refractivity contribution in [1.29, 1.82) is 0 Å². The molecule has 0 radical (unpaired) electrons. The number of aromatic carboxylic acids is 1. The third-order valence-corrected chi connectivity index (χ3v) is 2.18. The number of aromatic nitrogens is 1. The Labute approximate surface area is 79.2 Å². The van der Waals surface area contributed by atoms with E-state index in [-0.39, 0.29) is 5.56 Å². The maximum Gasteiger partial charge on any atom is 0.337 e. The van der Waals surface area contributed by atoms with Gasteiger partial charge in [-0.2, -0.15) is 0 Å². The topological polar surface area (TPSA) is 53.1 Å². The molecule has 1 heterocycles. The zero-order valence-corrected chi connectivity index (χ0v) is 7.25. The number of alkyl halides is 1. The van der Waals surface area contributed by atoms with Crippen LogP contribution in [0.2, 0.25) is 0 Å². The van der Waals surface area contributed by atoms with Crippen LogP contribution in [0.15, 0.2) is 24.4 Å². The molecule has 0 aliphatic heterocycles. The summed E-state index contributed by atoms with van der Waals surface area (Å²) < 4.78 is 12.5. The molecule has 0 spiro atoms. The minimum Gasteiger partial charge on any atom is -0.478 e. The Morgan fingerprint density at radius 3 is 2.93 bits per heavy atom. The van der Waals surface area contributed by atoms with Crippen LogP contribution in [0.4, 0.5) is 4.39 Å². The van der Waals surface area contributed by atoms with E-state index in [9.17, 15) is 9.18 Å². The number of hydrogen-bond acceptors (Lipinski definition) is 1. The van der Waals surface area contributed by atoms with Crippen molar-refractivity contribution in [3.63, 3.8) is 0 Å². The summed E-state index contributed by atoms with van der Waals surface area (Å²) in [6.07, 6.45) is 1.50. The van der Waals surface area contributed by atoms with Crippen molar-refractivity contribution < 1.29 is 14.3 Å². The molecule has 0 atom stereocenters. The van der Waals surface area contributed by atoms with Crippen LogP contribution >= 0.6 is 0 Å². The summed E-state index contributed by atoms with van der Waals surface area (Å²) >= 11 is 0. The fourth-order valence-electron chi connectivity index (χ4n) is 1.50. The molecule has 0 saturated carbocycles. The molecule has 4 heteroatoms. The van der Waals surface area contributed by atoms with Gasteiger partial charge in [-0.15, -0.1) is 0 Å². The van der Waals surface area contributed by atoms with Crippen LogP contribution in [0.5, 0.6) is 0 Å². The van der Waals surface area contributed by atoms with E-state index in [1.54, 1.807) is 12.1 Å². The fourth-order valence-corrected chi connectivity index (χ4v) is 1.50. The molecule has 0 saturated heterocycles. The molecule has 3 nitrogen and oxygen atoms in total. The smallest absolute Gasteiger partial charge is 0.337 e. The van der Waals surface area contributed by atoms with E-state index in [0.29, 0.717) is 16.5 Å². The zero-order chi connectivity index (χ0) is 10.1. The van der Waals surface area contributed by atoms with Gasteiger partial charge in [0.1, 0.15) is 6.67 Å². The van der Waals surface area contributed by atoms with Crippen LogP contribution in [0.3, 0.4) is 0 Å². The van der Waals surface area contributed by atoms with Crippen molar-refractivity contribution in [2.75, 3.05) is 0 Å². The summed E-state index contributed by atoms with van der Waals surface area (Å²) in [4.78, 5) is 13.6. The number of nitrogens with one attached hydrogen (secondary N) is 1. The van der Waals surface area contributed by atoms with Crippen LogP contribution in [-0.2, 0) is 6.67 Å². The molecule has 1 aromatic heterocycles. The van der Waals surface area contributed by atoms with Crippen molar-refractivity contribution >= 4 is 16.9 Å². The van der Waals surface area contributed by atoms with E-state index >= 15 is 0 Å². The van der Waals surface area contributed by atoms with Crippen molar-refractivity contribution in [1.82, 2.24) is 4.98 Å². The lowest BCUT2D eigenvalue weighted by Crippen LogP contribution is -1.96. The monoisotopic (exact) mass is 193 g/mol. The van der Waals surface area contributed by atoms with E-state index in [2.05, 4.69) is 4.98 Å². The average Bonchev–Trinajstić information content (AvgIpc) is 2.59. The second-order valence-corrected chi connectivity index (χ2v) is 2.98. The Kier molecular flexibility index (Phi) is 1.96. The second kappa shape index (κ2) is 3.14. The van der Waals surface area contributed by atoms with E-state index in [1.807, 2.05) is 0 Å². The number of benzene rings is 1. The summed E-state index contributed by atoms with van der Waals surface area (Å²) in [6, 6.07) is 4.80. The predicted molar refractivity (Wildman–Crippen MR) is 50.1 cm³/mol. The number of rotatable bonds is 2. The Bertz CT molecular complexity index is 490. The maximum atomic E-state index is 12.5. The van der Waals surface area contributed by atoms with Gasteiger partial charge in [0.25, 0.3) is 0 Å². The molecule has 2 aromatic rings. The van der Waals surface area contributed by atoms with E-state index in [4.69, 9.17) is 5.11 Å². The summed E-state index contributed by atoms with van der Waals surface area (Å²) in [6.45, 7) is -0.594. The highest BCUT2D eigenvalue weighted by atomic mass is 19.1. The first kappa shape index (κ1) is 8.74. The van der Waals surface area contributed by atoms with Gasteiger partial charge in [0.15, 0.2) is 0 Å². The van der Waals surface area contributed by atoms with Gasteiger partial charge in [0, 0.05) is 17.1 Å². The number of carboxylic acids is 1. The van der Waals surface area contributed by atoms with Crippen molar-refractivity contribution in [3.05, 3.63) is 35.5 Å². The van der Waals surface area contributed by atoms with Crippen molar-refractivity contribution in [2.45, 2.75) is 6.67 Å². The maximum absolute atomic E-state index is 12.5. The van der Waals surface area contributed by atoms with E-state index in [1.165, 1.54) is 12.3 Å². The summed E-state index contributed by atoms with van der Waals surface area (Å²) in [7, 11) is 0. The third-order valence-electron chi connectivity index (χ3n) is 2.18. The van der Waals surface area contributed by atoms with Crippen molar-refractivity contribution in [3.8, 4) is 0 Å². The largest absolute Gasteiger partial charge is 0.478 e. The minimum atomic E-state index is -1.01. The number of para-hydroxylation sites is 1. The van der Waals surface area contributed by atoms with Gasteiger partial charge in [0.05, 0.1) is 11.1 Å². The first-order valence-electron chi connectivity index (χ1n) is 4.12. The average molecular weight is 193 g/mol. The lowest BCUT2D eigenvalue weighted by atomic mass is 10.1. The van der Waals surface area contributed by atoms with Gasteiger partial charge >= 0.3 is 5.97 Å². The van der Waals surface area contributed by atoms with Crippen LogP contribution in [0.25, 0.3) is 10.9 Å². The SMILES string of the molecule is O=C(O)c1cccc2c(CF)c[nH]c12. The molecule has 0 unspecified atom stereocenters. The summed E-state index contributed by atoms with van der Waals surface area (Å²) in [5, 5.41) is 9.48. The molecule has 0 bridgehead atoms. The Balaban J connectivity index is 2.76. The summed E-state index contributed by atoms with van der Waals surface area (Å²) in [5.41, 5.74) is 1.14. The van der Waals surface area contributed by atoms with Crippen LogP contribution in [-0.4, -0.2) is 16.1 Å². The number of H-pyrrole nitrogens is 1. The first-order chi connectivity index (χ1) is 6.74. The molecular formula is C10H8FNO2. The lowest BCUT2D eigenvalue weighted by Gasteiger charge is -1.96. The van der Waals surface area contributed by atoms with Gasteiger partial charge in [-0.25, -0.2) is 9.18 Å². The minimum absolute atomic E-state index is 0.169. The molecule has 14 heavy (non-hydrogen) atoms. The van der Waals surface area contributed by atoms with Gasteiger partial charge in [0.2, 0.25) is 0 Å². The highest BCUT2D eigenvalue weighted by Gasteiger charge is 2.11. The molecule has 0 fully saturated rings. The molecule has 0 amide bonds. The standard InChI is InChI=1S/C10H8FNO2/c11-4-6-5-12-9-7(6)2-1-3-8(9)10(13)14/h1-3,5,12H,4H2,(H,13,14). The molecule has 2 rings (SSSR count). The summed E-state index contributed by atoms with van der Waals surface area (Å²) in [5.74, 6) is -1.01. The van der Waals surface area contributed by atoms with E-state index in [0.717, 1.165) is 0 Å². The van der Waals surface area contributed by atoms with E-state index < -0.39 is 12.6 Å². The quantitative estimate of drug-likeness (QED) is 0.769. The first-order valence-corrected chi connectivity index (χ1v) is 4.12. The molecular weight excluding hydrogens is 185 g/mol. The number of hydrogen-bond donors (Lipinski definition) is 2. The van der Waals surface area contributed by atoms with Gasteiger partial charge in [-0.05, 0) is 6.07 Å². The Morgan fingerprint density at radius 2 is 2.29 bits per heavy atom.